The van der Waals surface area contributed by atoms with Gasteiger partial charge in [0.15, 0.2) is 0 Å². The van der Waals surface area contributed by atoms with Crippen molar-refractivity contribution in [3.8, 4) is 0 Å². The van der Waals surface area contributed by atoms with Gasteiger partial charge in [0.25, 0.3) is 15.9 Å². The molecule has 1 saturated heterocycles. The number of likely N-dealkylation sites (tertiary alicyclic amines) is 1. The van der Waals surface area contributed by atoms with E-state index in [-0.39, 0.29) is 10.8 Å². The molecule has 2 aliphatic heterocycles. The first-order chi connectivity index (χ1) is 14.5. The number of carbonyl (C=O) groups is 1. The number of amides is 1. The van der Waals surface area contributed by atoms with E-state index in [0.717, 1.165) is 36.7 Å². The molecule has 2 aromatic rings. The Hall–Kier alpha value is -2.34. The first-order valence-electron chi connectivity index (χ1n) is 11.0. The Labute approximate surface area is 178 Å². The Balaban J connectivity index is 1.38. The lowest BCUT2D eigenvalue weighted by molar-refractivity contribution is 0.0520. The van der Waals surface area contributed by atoms with Gasteiger partial charge in [0.05, 0.1) is 10.6 Å². The van der Waals surface area contributed by atoms with E-state index in [1.807, 2.05) is 29.2 Å². The van der Waals surface area contributed by atoms with E-state index in [4.69, 9.17) is 0 Å². The van der Waals surface area contributed by atoms with Crippen molar-refractivity contribution in [1.29, 1.82) is 0 Å². The molecular formula is C24H28N2O3S. The van der Waals surface area contributed by atoms with Crippen LogP contribution in [0.5, 0.6) is 0 Å². The lowest BCUT2D eigenvalue weighted by Gasteiger charge is -2.41. The number of piperidine rings is 1. The Kier molecular flexibility index (Phi) is 5.05. The van der Waals surface area contributed by atoms with Crippen molar-refractivity contribution in [1.82, 2.24) is 4.90 Å². The highest BCUT2D eigenvalue weighted by Gasteiger charge is 2.34. The largest absolute Gasteiger partial charge is 0.338 e. The lowest BCUT2D eigenvalue weighted by atomic mass is 9.75. The number of nitrogens with zero attached hydrogens (tertiary/aromatic N) is 2. The summed E-state index contributed by atoms with van der Waals surface area (Å²) in [5.74, 6) is 1.31. The first kappa shape index (κ1) is 19.6. The topological polar surface area (TPSA) is 57.7 Å². The molecule has 2 heterocycles. The molecule has 30 heavy (non-hydrogen) atoms. The number of benzene rings is 2. The van der Waals surface area contributed by atoms with Crippen LogP contribution in [-0.2, 0) is 16.4 Å². The maximum Gasteiger partial charge on any atom is 0.264 e. The monoisotopic (exact) mass is 424 g/mol. The van der Waals surface area contributed by atoms with Crippen molar-refractivity contribution in [2.75, 3.05) is 23.9 Å². The molecule has 6 heteroatoms. The molecule has 2 atom stereocenters. The zero-order chi connectivity index (χ0) is 20.7. The zero-order valence-electron chi connectivity index (χ0n) is 17.2. The molecule has 1 amide bonds. The molecule has 0 radical (unpaired) electrons. The minimum atomic E-state index is -3.70. The van der Waals surface area contributed by atoms with Crippen LogP contribution in [0, 0.1) is 11.8 Å². The van der Waals surface area contributed by atoms with Gasteiger partial charge in [-0.2, -0.15) is 0 Å². The molecule has 1 saturated carbocycles. The summed E-state index contributed by atoms with van der Waals surface area (Å²) >= 11 is 0. The van der Waals surface area contributed by atoms with Crippen LogP contribution in [0.25, 0.3) is 0 Å². The zero-order valence-corrected chi connectivity index (χ0v) is 18.0. The number of anilines is 1. The predicted octanol–water partition coefficient (Wildman–Crippen LogP) is 4.09. The van der Waals surface area contributed by atoms with Crippen LogP contribution < -0.4 is 4.31 Å². The second kappa shape index (κ2) is 7.73. The quantitative estimate of drug-likeness (QED) is 0.746. The van der Waals surface area contributed by atoms with Crippen LogP contribution in [-0.4, -0.2) is 38.9 Å². The van der Waals surface area contributed by atoms with Crippen molar-refractivity contribution < 1.29 is 13.2 Å². The Morgan fingerprint density at radius 1 is 0.900 bits per heavy atom. The molecule has 0 aromatic heterocycles. The summed E-state index contributed by atoms with van der Waals surface area (Å²) in [5, 5.41) is 0. The Morgan fingerprint density at radius 2 is 1.70 bits per heavy atom. The molecule has 1 aliphatic carbocycles. The summed E-state index contributed by atoms with van der Waals surface area (Å²) in [6, 6.07) is 14.2. The third kappa shape index (κ3) is 3.41. The number of sulfonamides is 1. The fraction of sp³-hybridized carbons (Fsp3) is 0.458. The van der Waals surface area contributed by atoms with Gasteiger partial charge >= 0.3 is 0 Å². The molecular weight excluding hydrogens is 396 g/mol. The van der Waals surface area contributed by atoms with Crippen LogP contribution in [0.3, 0.4) is 0 Å². The van der Waals surface area contributed by atoms with Gasteiger partial charge in [0.1, 0.15) is 0 Å². The van der Waals surface area contributed by atoms with Crippen LogP contribution in [0.15, 0.2) is 53.4 Å². The predicted molar refractivity (Wildman–Crippen MR) is 117 cm³/mol. The number of fused-ring (bicyclic) bond motifs is 2. The molecule has 0 bridgehead atoms. The minimum absolute atomic E-state index is 0.0436. The molecule has 0 spiro atoms. The van der Waals surface area contributed by atoms with Crippen LogP contribution in [0.4, 0.5) is 5.69 Å². The van der Waals surface area contributed by atoms with Gasteiger partial charge in [-0.25, -0.2) is 8.42 Å². The molecule has 0 N–H and O–H groups in total. The molecule has 2 fully saturated rings. The van der Waals surface area contributed by atoms with Gasteiger partial charge in [0.2, 0.25) is 0 Å². The van der Waals surface area contributed by atoms with E-state index in [2.05, 4.69) is 0 Å². The van der Waals surface area contributed by atoms with Crippen molar-refractivity contribution >= 4 is 21.6 Å². The summed E-state index contributed by atoms with van der Waals surface area (Å²) in [4.78, 5) is 15.3. The third-order valence-corrected chi connectivity index (χ3v) is 8.90. The number of rotatable bonds is 3. The molecule has 3 aliphatic rings. The molecule has 158 valence electrons. The Bertz CT molecular complexity index is 1070. The standard InChI is InChI=1S/C24H28N2O3S/c27-24(25-14-12-18-6-1-2-8-21(18)17-25)20-9-5-10-22(16-20)30(28,29)26-15-13-19-7-3-4-11-23(19)26/h3-5,7,9-11,16,18,21H,1-2,6,8,12-15,17H2/t18-,21-/m1/s1. The highest BCUT2D eigenvalue weighted by molar-refractivity contribution is 7.92. The van der Waals surface area contributed by atoms with Gasteiger partial charge < -0.3 is 4.90 Å². The number of carbonyl (C=O) groups excluding carboxylic acids is 1. The first-order valence-corrected chi connectivity index (χ1v) is 12.5. The maximum atomic E-state index is 13.3. The second-order valence-corrected chi connectivity index (χ2v) is 10.7. The average Bonchev–Trinajstić information content (AvgIpc) is 3.23. The average molecular weight is 425 g/mol. The summed E-state index contributed by atoms with van der Waals surface area (Å²) in [7, 11) is -3.70. The van der Waals surface area contributed by atoms with E-state index in [9.17, 15) is 13.2 Å². The van der Waals surface area contributed by atoms with Crippen LogP contribution >= 0.6 is 0 Å². The molecule has 5 rings (SSSR count). The van der Waals surface area contributed by atoms with Crippen molar-refractivity contribution in [3.05, 3.63) is 59.7 Å². The highest BCUT2D eigenvalue weighted by Crippen LogP contribution is 2.37. The smallest absolute Gasteiger partial charge is 0.264 e. The van der Waals surface area contributed by atoms with E-state index in [1.165, 1.54) is 30.0 Å². The van der Waals surface area contributed by atoms with Gasteiger partial charge in [-0.3, -0.25) is 9.10 Å². The minimum Gasteiger partial charge on any atom is -0.338 e. The summed E-state index contributed by atoms with van der Waals surface area (Å²) < 4.78 is 28.1. The lowest BCUT2D eigenvalue weighted by Crippen LogP contribution is -2.44. The summed E-state index contributed by atoms with van der Waals surface area (Å²) in [6.45, 7) is 2.02. The van der Waals surface area contributed by atoms with Gasteiger partial charge in [0, 0.05) is 25.2 Å². The summed E-state index contributed by atoms with van der Waals surface area (Å²) in [5.41, 5.74) is 2.26. The van der Waals surface area contributed by atoms with E-state index >= 15 is 0 Å². The van der Waals surface area contributed by atoms with Gasteiger partial charge in [-0.1, -0.05) is 43.5 Å². The summed E-state index contributed by atoms with van der Waals surface area (Å²) in [6.07, 6.45) is 6.85. The fourth-order valence-corrected chi connectivity index (χ4v) is 6.99. The third-order valence-electron chi connectivity index (χ3n) is 7.09. The van der Waals surface area contributed by atoms with Gasteiger partial charge in [-0.05, 0) is 60.9 Å². The molecule has 2 aromatic carbocycles. The molecule has 0 unspecified atom stereocenters. The second-order valence-electron chi connectivity index (χ2n) is 8.83. The Morgan fingerprint density at radius 3 is 2.57 bits per heavy atom. The number of hydrogen-bond donors (Lipinski definition) is 0. The highest BCUT2D eigenvalue weighted by atomic mass is 32.2. The SMILES string of the molecule is O=C(c1cccc(S(=O)(=O)N2CCc3ccccc32)c1)N1CC[C@H]2CCCC[C@@H]2C1. The normalized spacial score (nSPS) is 23.7. The van der Waals surface area contributed by atoms with E-state index < -0.39 is 10.0 Å². The van der Waals surface area contributed by atoms with Gasteiger partial charge in [-0.15, -0.1) is 0 Å². The van der Waals surface area contributed by atoms with Crippen LogP contribution in [0.1, 0.15) is 48.0 Å². The molecule has 5 nitrogen and oxygen atoms in total. The van der Waals surface area contributed by atoms with E-state index in [0.29, 0.717) is 24.4 Å². The van der Waals surface area contributed by atoms with Crippen molar-refractivity contribution in [2.24, 2.45) is 11.8 Å². The maximum absolute atomic E-state index is 13.3. The van der Waals surface area contributed by atoms with E-state index in [1.54, 1.807) is 24.3 Å². The number of para-hydroxylation sites is 1. The van der Waals surface area contributed by atoms with Crippen molar-refractivity contribution in [2.45, 2.75) is 43.4 Å². The fourth-order valence-electron chi connectivity index (χ4n) is 5.44. The van der Waals surface area contributed by atoms with Crippen molar-refractivity contribution in [3.63, 3.8) is 0 Å². The van der Waals surface area contributed by atoms with Crippen LogP contribution in [0.2, 0.25) is 0 Å². The number of hydrogen-bond acceptors (Lipinski definition) is 3.